The Morgan fingerprint density at radius 3 is 3.00 bits per heavy atom. The molecule has 1 aliphatic carbocycles. The maximum Gasteiger partial charge on any atom is 0.0995 e. The van der Waals surface area contributed by atoms with Crippen LogP contribution in [-0.2, 0) is 6.54 Å². The predicted octanol–water partition coefficient (Wildman–Crippen LogP) is 2.93. The van der Waals surface area contributed by atoms with Gasteiger partial charge < -0.3 is 5.32 Å². The van der Waals surface area contributed by atoms with Gasteiger partial charge >= 0.3 is 0 Å². The van der Waals surface area contributed by atoms with E-state index in [9.17, 15) is 0 Å². The number of rotatable bonds is 4. The van der Waals surface area contributed by atoms with E-state index < -0.39 is 0 Å². The van der Waals surface area contributed by atoms with Crippen LogP contribution in [0.15, 0.2) is 24.3 Å². The van der Waals surface area contributed by atoms with Gasteiger partial charge in [-0.3, -0.25) is 0 Å². The molecule has 0 radical (unpaired) electrons. The minimum Gasteiger partial charge on any atom is -0.309 e. The first-order chi connectivity index (χ1) is 8.35. The number of nitrogens with zero attached hydrogens (tertiary/aromatic N) is 1. The van der Waals surface area contributed by atoms with Crippen LogP contribution in [0.25, 0.3) is 0 Å². The largest absolute Gasteiger partial charge is 0.309 e. The average Bonchev–Trinajstić information content (AvgIpc) is 2.84. The fourth-order valence-corrected chi connectivity index (χ4v) is 3.43. The third-order valence-electron chi connectivity index (χ3n) is 3.45. The second-order valence-corrected chi connectivity index (χ2v) is 5.54. The van der Waals surface area contributed by atoms with Gasteiger partial charge in [-0.1, -0.05) is 24.6 Å². The summed E-state index contributed by atoms with van der Waals surface area (Å²) in [5.41, 5.74) is 1.90. The first kappa shape index (κ1) is 12.5. The SMILES string of the molecule is CSC1CCCC1NCc1ccccc1C#N. The second kappa shape index (κ2) is 6.09. The summed E-state index contributed by atoms with van der Waals surface area (Å²) in [7, 11) is 0. The molecule has 0 amide bonds. The lowest BCUT2D eigenvalue weighted by molar-refractivity contribution is 0.532. The van der Waals surface area contributed by atoms with Gasteiger partial charge in [0, 0.05) is 17.8 Å². The Hall–Kier alpha value is -0.980. The highest BCUT2D eigenvalue weighted by atomic mass is 32.2. The molecule has 90 valence electrons. The van der Waals surface area contributed by atoms with E-state index >= 15 is 0 Å². The van der Waals surface area contributed by atoms with Crippen LogP contribution >= 0.6 is 11.8 Å². The number of nitriles is 1. The molecule has 1 N–H and O–H groups in total. The summed E-state index contributed by atoms with van der Waals surface area (Å²) < 4.78 is 0. The molecule has 2 nitrogen and oxygen atoms in total. The molecule has 1 aromatic carbocycles. The van der Waals surface area contributed by atoms with E-state index in [1.807, 2.05) is 36.0 Å². The van der Waals surface area contributed by atoms with Crippen LogP contribution in [0.2, 0.25) is 0 Å². The molecule has 0 saturated heterocycles. The average molecular weight is 246 g/mol. The zero-order chi connectivity index (χ0) is 12.1. The minimum absolute atomic E-state index is 0.608. The van der Waals surface area contributed by atoms with Gasteiger partial charge in [0.2, 0.25) is 0 Å². The van der Waals surface area contributed by atoms with Crippen LogP contribution in [0, 0.1) is 11.3 Å². The van der Waals surface area contributed by atoms with E-state index in [0.29, 0.717) is 6.04 Å². The normalized spacial score (nSPS) is 23.5. The van der Waals surface area contributed by atoms with Crippen molar-refractivity contribution in [3.63, 3.8) is 0 Å². The van der Waals surface area contributed by atoms with Crippen molar-refractivity contribution in [2.75, 3.05) is 6.26 Å². The maximum atomic E-state index is 9.03. The quantitative estimate of drug-likeness (QED) is 0.887. The molecule has 1 aromatic rings. The van der Waals surface area contributed by atoms with E-state index in [4.69, 9.17) is 5.26 Å². The van der Waals surface area contributed by atoms with Crippen LogP contribution in [0.3, 0.4) is 0 Å². The van der Waals surface area contributed by atoms with Gasteiger partial charge in [0.15, 0.2) is 0 Å². The Labute approximate surface area is 107 Å². The Kier molecular flexibility index (Phi) is 4.47. The summed E-state index contributed by atoms with van der Waals surface area (Å²) in [4.78, 5) is 0. The molecule has 2 atom stereocenters. The van der Waals surface area contributed by atoms with Crippen molar-refractivity contribution < 1.29 is 0 Å². The van der Waals surface area contributed by atoms with E-state index in [1.165, 1.54) is 19.3 Å². The highest BCUT2D eigenvalue weighted by Crippen LogP contribution is 2.28. The Balaban J connectivity index is 1.96. The first-order valence-corrected chi connectivity index (χ1v) is 7.38. The summed E-state index contributed by atoms with van der Waals surface area (Å²) in [5, 5.41) is 13.4. The summed E-state index contributed by atoms with van der Waals surface area (Å²) in [6, 6.07) is 10.7. The molecule has 1 fully saturated rings. The summed E-state index contributed by atoms with van der Waals surface area (Å²) in [6.45, 7) is 0.811. The lowest BCUT2D eigenvalue weighted by atomic mass is 10.1. The molecule has 1 aliphatic rings. The van der Waals surface area contributed by atoms with Crippen molar-refractivity contribution in [3.8, 4) is 6.07 Å². The molecule has 0 spiro atoms. The standard InChI is InChI=1S/C14H18N2S/c1-17-14-8-4-7-13(14)16-10-12-6-3-2-5-11(12)9-15/h2-3,5-6,13-14,16H,4,7-8,10H2,1H3. The van der Waals surface area contributed by atoms with E-state index in [-0.39, 0.29) is 0 Å². The van der Waals surface area contributed by atoms with Gasteiger partial charge in [-0.25, -0.2) is 0 Å². The Bertz CT molecular complexity index is 411. The van der Waals surface area contributed by atoms with Gasteiger partial charge in [0.1, 0.15) is 0 Å². The van der Waals surface area contributed by atoms with E-state index in [0.717, 1.165) is 22.9 Å². The van der Waals surface area contributed by atoms with E-state index in [1.54, 1.807) is 0 Å². The summed E-state index contributed by atoms with van der Waals surface area (Å²) in [5.74, 6) is 0. The molecule has 17 heavy (non-hydrogen) atoms. The highest BCUT2D eigenvalue weighted by Gasteiger charge is 2.25. The molecule has 0 heterocycles. The van der Waals surface area contributed by atoms with Gasteiger partial charge in [-0.2, -0.15) is 17.0 Å². The Morgan fingerprint density at radius 1 is 1.41 bits per heavy atom. The van der Waals surface area contributed by atoms with Gasteiger partial charge in [-0.05, 0) is 30.7 Å². The number of nitrogens with one attached hydrogen (secondary N) is 1. The van der Waals surface area contributed by atoms with Crippen LogP contribution in [0.4, 0.5) is 0 Å². The number of thioether (sulfide) groups is 1. The van der Waals surface area contributed by atoms with Crippen LogP contribution in [0.1, 0.15) is 30.4 Å². The molecule has 1 saturated carbocycles. The maximum absolute atomic E-state index is 9.03. The molecular formula is C14H18N2S. The van der Waals surface area contributed by atoms with Crippen LogP contribution in [-0.4, -0.2) is 17.5 Å². The fraction of sp³-hybridized carbons (Fsp3) is 0.500. The minimum atomic E-state index is 0.608. The number of benzene rings is 1. The molecule has 2 rings (SSSR count). The topological polar surface area (TPSA) is 35.8 Å². The second-order valence-electron chi connectivity index (χ2n) is 4.46. The van der Waals surface area contributed by atoms with E-state index in [2.05, 4.69) is 17.6 Å². The monoisotopic (exact) mass is 246 g/mol. The van der Waals surface area contributed by atoms with Crippen molar-refractivity contribution in [1.82, 2.24) is 5.32 Å². The summed E-state index contributed by atoms with van der Waals surface area (Å²) >= 11 is 1.96. The van der Waals surface area contributed by atoms with Crippen molar-refractivity contribution in [2.24, 2.45) is 0 Å². The van der Waals surface area contributed by atoms with Crippen molar-refractivity contribution >= 4 is 11.8 Å². The predicted molar refractivity (Wildman–Crippen MR) is 72.9 cm³/mol. The number of hydrogen-bond donors (Lipinski definition) is 1. The van der Waals surface area contributed by atoms with Crippen LogP contribution < -0.4 is 5.32 Å². The third kappa shape index (κ3) is 3.02. The fourth-order valence-electron chi connectivity index (χ4n) is 2.47. The van der Waals surface area contributed by atoms with Crippen LogP contribution in [0.5, 0.6) is 0 Å². The zero-order valence-electron chi connectivity index (χ0n) is 10.1. The third-order valence-corrected chi connectivity index (χ3v) is 4.62. The van der Waals surface area contributed by atoms with Crippen molar-refractivity contribution in [3.05, 3.63) is 35.4 Å². The lowest BCUT2D eigenvalue weighted by Gasteiger charge is -2.19. The molecule has 3 heteroatoms. The zero-order valence-corrected chi connectivity index (χ0v) is 11.0. The highest BCUT2D eigenvalue weighted by molar-refractivity contribution is 7.99. The smallest absolute Gasteiger partial charge is 0.0995 e. The van der Waals surface area contributed by atoms with Crippen molar-refractivity contribution in [2.45, 2.75) is 37.1 Å². The molecule has 0 aliphatic heterocycles. The number of hydrogen-bond acceptors (Lipinski definition) is 3. The molecule has 2 unspecified atom stereocenters. The Morgan fingerprint density at radius 2 is 2.24 bits per heavy atom. The molecular weight excluding hydrogens is 228 g/mol. The van der Waals surface area contributed by atoms with Gasteiger partial charge in [0.25, 0.3) is 0 Å². The summed E-state index contributed by atoms with van der Waals surface area (Å²) in [6.07, 6.45) is 6.09. The lowest BCUT2D eigenvalue weighted by Crippen LogP contribution is -2.33. The molecule has 0 aromatic heterocycles. The first-order valence-electron chi connectivity index (χ1n) is 6.09. The molecule has 0 bridgehead atoms. The van der Waals surface area contributed by atoms with Gasteiger partial charge in [0.05, 0.1) is 11.6 Å². The van der Waals surface area contributed by atoms with Gasteiger partial charge in [-0.15, -0.1) is 0 Å². The van der Waals surface area contributed by atoms with Crippen molar-refractivity contribution in [1.29, 1.82) is 5.26 Å².